The first-order chi connectivity index (χ1) is 10.1. The van der Waals surface area contributed by atoms with Gasteiger partial charge >= 0.3 is 0 Å². The van der Waals surface area contributed by atoms with Crippen LogP contribution in [0.2, 0.25) is 0 Å². The Balaban J connectivity index is 2.27. The molecule has 0 N–H and O–H groups in total. The lowest BCUT2D eigenvalue weighted by Gasteiger charge is -1.95. The van der Waals surface area contributed by atoms with Gasteiger partial charge in [0.05, 0.1) is 16.1 Å². The summed E-state index contributed by atoms with van der Waals surface area (Å²) in [6.45, 7) is 1.86. The van der Waals surface area contributed by atoms with E-state index >= 15 is 0 Å². The van der Waals surface area contributed by atoms with Crippen molar-refractivity contribution in [2.45, 2.75) is 6.92 Å². The molecule has 0 bridgehead atoms. The van der Waals surface area contributed by atoms with Gasteiger partial charge in [0, 0.05) is 17.1 Å². The van der Waals surface area contributed by atoms with Gasteiger partial charge in [-0.1, -0.05) is 18.2 Å². The van der Waals surface area contributed by atoms with Gasteiger partial charge in [-0.05, 0) is 25.1 Å². The molecule has 6 heteroatoms. The molecule has 2 rings (SSSR count). The van der Waals surface area contributed by atoms with Crippen molar-refractivity contribution in [3.63, 3.8) is 0 Å². The van der Waals surface area contributed by atoms with E-state index in [-0.39, 0.29) is 5.69 Å². The summed E-state index contributed by atoms with van der Waals surface area (Å²) in [6, 6.07) is 8.52. The van der Waals surface area contributed by atoms with Gasteiger partial charge in [-0.25, -0.2) is 4.98 Å². The first-order valence-corrected chi connectivity index (χ1v) is 6.94. The van der Waals surface area contributed by atoms with E-state index in [4.69, 9.17) is 5.26 Å². The van der Waals surface area contributed by atoms with Crippen LogP contribution in [0, 0.1) is 28.4 Å². The molecule has 0 spiro atoms. The molecule has 1 aromatic carbocycles. The lowest BCUT2D eigenvalue weighted by Crippen LogP contribution is -1.90. The molecule has 0 aliphatic carbocycles. The van der Waals surface area contributed by atoms with Crippen LogP contribution in [-0.4, -0.2) is 9.91 Å². The molecule has 104 valence electrons. The topological polar surface area (TPSA) is 79.8 Å². The number of para-hydroxylation sites is 1. The number of thiazole rings is 1. The summed E-state index contributed by atoms with van der Waals surface area (Å²) >= 11 is 1.39. The SMILES string of the molecule is Cc1csc(C(C#N)=CC=Cc2ccccc2[N+](=O)[O-])n1. The maximum Gasteiger partial charge on any atom is 0.276 e. The van der Waals surface area contributed by atoms with Gasteiger partial charge in [-0.15, -0.1) is 11.3 Å². The molecule has 21 heavy (non-hydrogen) atoms. The first kappa shape index (κ1) is 14.6. The Labute approximate surface area is 125 Å². The minimum atomic E-state index is -0.432. The van der Waals surface area contributed by atoms with E-state index in [9.17, 15) is 10.1 Å². The van der Waals surface area contributed by atoms with E-state index in [1.54, 1.807) is 36.4 Å². The Morgan fingerprint density at radius 2 is 2.24 bits per heavy atom. The van der Waals surface area contributed by atoms with Crippen molar-refractivity contribution < 1.29 is 4.92 Å². The number of aryl methyl sites for hydroxylation is 1. The number of rotatable bonds is 4. The molecule has 0 atom stereocenters. The van der Waals surface area contributed by atoms with Crippen molar-refractivity contribution in [2.75, 3.05) is 0 Å². The maximum absolute atomic E-state index is 10.9. The highest BCUT2D eigenvalue weighted by Gasteiger charge is 2.09. The molecule has 0 unspecified atom stereocenters. The van der Waals surface area contributed by atoms with Gasteiger partial charge in [0.1, 0.15) is 11.1 Å². The zero-order valence-electron chi connectivity index (χ0n) is 11.2. The zero-order valence-corrected chi connectivity index (χ0v) is 12.0. The normalized spacial score (nSPS) is 11.5. The second kappa shape index (κ2) is 6.59. The van der Waals surface area contributed by atoms with Gasteiger partial charge in [-0.3, -0.25) is 10.1 Å². The highest BCUT2D eigenvalue weighted by molar-refractivity contribution is 7.10. The Bertz CT molecular complexity index is 769. The van der Waals surface area contributed by atoms with Crippen LogP contribution in [0.15, 0.2) is 41.8 Å². The van der Waals surface area contributed by atoms with Crippen molar-refractivity contribution in [3.8, 4) is 6.07 Å². The van der Waals surface area contributed by atoms with Crippen LogP contribution >= 0.6 is 11.3 Å². The third-order valence-corrected chi connectivity index (χ3v) is 3.64. The van der Waals surface area contributed by atoms with Crippen LogP contribution in [0.5, 0.6) is 0 Å². The number of nitriles is 1. The molecule has 0 saturated heterocycles. The third kappa shape index (κ3) is 3.61. The second-order valence-corrected chi connectivity index (χ2v) is 5.02. The van der Waals surface area contributed by atoms with Gasteiger partial charge in [-0.2, -0.15) is 5.26 Å². The number of benzene rings is 1. The number of nitrogens with zero attached hydrogens (tertiary/aromatic N) is 3. The van der Waals surface area contributed by atoms with Crippen LogP contribution in [0.25, 0.3) is 11.6 Å². The molecule has 5 nitrogen and oxygen atoms in total. The quantitative estimate of drug-likeness (QED) is 0.370. The molecule has 0 amide bonds. The molecule has 0 saturated carbocycles. The van der Waals surface area contributed by atoms with Crippen LogP contribution < -0.4 is 0 Å². The minimum Gasteiger partial charge on any atom is -0.258 e. The smallest absolute Gasteiger partial charge is 0.258 e. The highest BCUT2D eigenvalue weighted by Crippen LogP contribution is 2.21. The number of aromatic nitrogens is 1. The predicted molar refractivity (Wildman–Crippen MR) is 82.6 cm³/mol. The second-order valence-electron chi connectivity index (χ2n) is 4.16. The van der Waals surface area contributed by atoms with E-state index in [1.807, 2.05) is 12.3 Å². The summed E-state index contributed by atoms with van der Waals surface area (Å²) in [5, 5.41) is 22.5. The molecule has 0 fully saturated rings. The summed E-state index contributed by atoms with van der Waals surface area (Å²) in [5.41, 5.74) is 1.82. The number of hydrogen-bond donors (Lipinski definition) is 0. The van der Waals surface area contributed by atoms with Crippen molar-refractivity contribution in [1.29, 1.82) is 5.26 Å². The lowest BCUT2D eigenvalue weighted by molar-refractivity contribution is -0.385. The average molecular weight is 297 g/mol. The van der Waals surface area contributed by atoms with Crippen molar-refractivity contribution in [2.24, 2.45) is 0 Å². The van der Waals surface area contributed by atoms with Crippen LogP contribution in [0.1, 0.15) is 16.3 Å². The fraction of sp³-hybridized carbons (Fsp3) is 0.0667. The lowest BCUT2D eigenvalue weighted by atomic mass is 10.1. The largest absolute Gasteiger partial charge is 0.276 e. The van der Waals surface area contributed by atoms with Gasteiger partial charge in [0.25, 0.3) is 5.69 Å². The highest BCUT2D eigenvalue weighted by atomic mass is 32.1. The fourth-order valence-corrected chi connectivity index (χ4v) is 2.45. The molecule has 1 heterocycles. The van der Waals surface area contributed by atoms with E-state index in [2.05, 4.69) is 11.1 Å². The van der Waals surface area contributed by atoms with Crippen molar-refractivity contribution >= 4 is 28.7 Å². The number of nitro groups is 1. The molecular formula is C15H11N3O2S. The van der Waals surface area contributed by atoms with Gasteiger partial charge < -0.3 is 0 Å². The molecule has 0 aliphatic heterocycles. The number of nitro benzene ring substituents is 1. The third-order valence-electron chi connectivity index (χ3n) is 2.64. The van der Waals surface area contributed by atoms with E-state index in [0.29, 0.717) is 16.1 Å². The first-order valence-electron chi connectivity index (χ1n) is 6.06. The predicted octanol–water partition coefficient (Wildman–Crippen LogP) is 3.98. The van der Waals surface area contributed by atoms with Crippen LogP contribution in [0.4, 0.5) is 5.69 Å². The molecular weight excluding hydrogens is 286 g/mol. The number of allylic oxidation sites excluding steroid dienone is 3. The zero-order chi connectivity index (χ0) is 15.2. The van der Waals surface area contributed by atoms with E-state index < -0.39 is 4.92 Å². The Morgan fingerprint density at radius 3 is 2.86 bits per heavy atom. The standard InChI is InChI=1S/C15H11N3O2S/c1-11-10-21-15(17-11)13(9-16)7-4-6-12-5-2-3-8-14(12)18(19)20/h2-8,10H,1H3. The van der Waals surface area contributed by atoms with Crippen LogP contribution in [-0.2, 0) is 0 Å². The summed E-state index contributed by atoms with van der Waals surface area (Å²) < 4.78 is 0. The monoisotopic (exact) mass is 297 g/mol. The number of hydrogen-bond acceptors (Lipinski definition) is 5. The molecule has 0 aliphatic rings. The summed E-state index contributed by atoms with van der Waals surface area (Å²) in [7, 11) is 0. The fourth-order valence-electron chi connectivity index (χ4n) is 1.68. The van der Waals surface area contributed by atoms with E-state index in [0.717, 1.165) is 5.69 Å². The Morgan fingerprint density at radius 1 is 1.48 bits per heavy atom. The minimum absolute atomic E-state index is 0.0331. The Kier molecular flexibility index (Phi) is 4.59. The molecule has 2 aromatic rings. The average Bonchev–Trinajstić information content (AvgIpc) is 2.90. The van der Waals surface area contributed by atoms with Crippen molar-refractivity contribution in [1.82, 2.24) is 4.98 Å². The Hall–Kier alpha value is -2.78. The summed E-state index contributed by atoms with van der Waals surface area (Å²) in [6.07, 6.45) is 4.84. The van der Waals surface area contributed by atoms with E-state index in [1.165, 1.54) is 17.4 Å². The molecule has 0 radical (unpaired) electrons. The maximum atomic E-state index is 10.9. The van der Waals surface area contributed by atoms with Gasteiger partial charge in [0.2, 0.25) is 0 Å². The summed E-state index contributed by atoms with van der Waals surface area (Å²) in [5.74, 6) is 0. The van der Waals surface area contributed by atoms with Crippen LogP contribution in [0.3, 0.4) is 0 Å². The van der Waals surface area contributed by atoms with Gasteiger partial charge in [0.15, 0.2) is 0 Å². The summed E-state index contributed by atoms with van der Waals surface area (Å²) in [4.78, 5) is 14.7. The van der Waals surface area contributed by atoms with Crippen molar-refractivity contribution in [3.05, 3.63) is 68.2 Å². The molecule has 1 aromatic heterocycles.